The molecular weight excluding hydrogens is 358 g/mol. The number of aliphatic imine (C=N–C) groups is 1. The topological polar surface area (TPSA) is 67.0 Å². The Balaban J connectivity index is 1.27. The summed E-state index contributed by atoms with van der Waals surface area (Å²) in [6.07, 6.45) is 1.85. The minimum atomic E-state index is 0.508. The smallest absolute Gasteiger partial charge is 0.191 e. The Hall–Kier alpha value is -2.80. The lowest BCUT2D eigenvalue weighted by Crippen LogP contribution is -2.51. The predicted octanol–water partition coefficient (Wildman–Crippen LogP) is 2.81. The SMILES string of the molecule is NC(=NCCOc1cccc2ccccc12)N1CCN(c2nccs2)CC1. The monoisotopic (exact) mass is 381 g/mol. The van der Waals surface area contributed by atoms with Crippen LogP contribution < -0.4 is 15.4 Å². The zero-order chi connectivity index (χ0) is 18.5. The van der Waals surface area contributed by atoms with Gasteiger partial charge in [-0.3, -0.25) is 0 Å². The van der Waals surface area contributed by atoms with Crippen LogP contribution in [-0.2, 0) is 0 Å². The summed E-state index contributed by atoms with van der Waals surface area (Å²) >= 11 is 1.67. The number of piperazine rings is 1. The third-order valence-electron chi connectivity index (χ3n) is 4.67. The highest BCUT2D eigenvalue weighted by atomic mass is 32.1. The Bertz CT molecular complexity index is 898. The van der Waals surface area contributed by atoms with Crippen molar-refractivity contribution in [2.75, 3.05) is 44.2 Å². The number of guanidine groups is 1. The first-order valence-electron chi connectivity index (χ1n) is 9.11. The molecule has 0 unspecified atom stereocenters. The minimum absolute atomic E-state index is 0.508. The molecule has 0 saturated carbocycles. The molecule has 1 aromatic heterocycles. The van der Waals surface area contributed by atoms with Gasteiger partial charge in [0, 0.05) is 43.1 Å². The van der Waals surface area contributed by atoms with Gasteiger partial charge >= 0.3 is 0 Å². The standard InChI is InChI=1S/C20H23N5OS/c21-19(24-10-12-25(13-11-24)20-23-9-15-27-20)22-8-14-26-18-7-3-5-16-4-1-2-6-17(16)18/h1-7,9,15H,8,10-14H2,(H2,21,22). The summed E-state index contributed by atoms with van der Waals surface area (Å²) in [6, 6.07) is 14.3. The molecule has 0 aliphatic carbocycles. The third kappa shape index (κ3) is 4.14. The number of thiazole rings is 1. The van der Waals surface area contributed by atoms with Crippen LogP contribution in [0.3, 0.4) is 0 Å². The van der Waals surface area contributed by atoms with Gasteiger partial charge in [-0.25, -0.2) is 9.98 Å². The molecule has 1 aliphatic heterocycles. The molecule has 4 rings (SSSR count). The summed E-state index contributed by atoms with van der Waals surface area (Å²) in [7, 11) is 0. The van der Waals surface area contributed by atoms with Crippen molar-refractivity contribution in [1.82, 2.24) is 9.88 Å². The fraction of sp³-hybridized carbons (Fsp3) is 0.300. The number of fused-ring (bicyclic) bond motifs is 1. The first-order valence-corrected chi connectivity index (χ1v) is 9.99. The Kier molecular flexibility index (Phi) is 5.39. The van der Waals surface area contributed by atoms with Crippen LogP contribution in [0.1, 0.15) is 0 Å². The highest BCUT2D eigenvalue weighted by molar-refractivity contribution is 7.13. The summed E-state index contributed by atoms with van der Waals surface area (Å²) in [5, 5.41) is 5.38. The maximum absolute atomic E-state index is 6.17. The van der Waals surface area contributed by atoms with Crippen molar-refractivity contribution >= 4 is 33.2 Å². The number of nitrogens with two attached hydrogens (primary N) is 1. The van der Waals surface area contributed by atoms with Crippen LogP contribution in [-0.4, -0.2) is 55.2 Å². The molecule has 0 bridgehead atoms. The maximum Gasteiger partial charge on any atom is 0.191 e. The highest BCUT2D eigenvalue weighted by Crippen LogP contribution is 2.25. The molecule has 2 N–H and O–H groups in total. The largest absolute Gasteiger partial charge is 0.491 e. The Morgan fingerprint density at radius 2 is 1.93 bits per heavy atom. The molecule has 0 spiro atoms. The molecule has 1 fully saturated rings. The number of hydrogen-bond donors (Lipinski definition) is 1. The Labute approximate surface area is 162 Å². The second kappa shape index (κ2) is 8.26. The van der Waals surface area contributed by atoms with E-state index in [9.17, 15) is 0 Å². The van der Waals surface area contributed by atoms with Crippen molar-refractivity contribution in [3.63, 3.8) is 0 Å². The van der Waals surface area contributed by atoms with E-state index in [2.05, 4.69) is 38.0 Å². The molecule has 0 atom stereocenters. The molecule has 0 amide bonds. The van der Waals surface area contributed by atoms with Crippen molar-refractivity contribution < 1.29 is 4.74 Å². The van der Waals surface area contributed by atoms with E-state index in [4.69, 9.17) is 10.5 Å². The number of nitrogens with zero attached hydrogens (tertiary/aromatic N) is 4. The lowest BCUT2D eigenvalue weighted by Gasteiger charge is -2.35. The maximum atomic E-state index is 6.17. The van der Waals surface area contributed by atoms with Gasteiger partial charge in [0.2, 0.25) is 0 Å². The third-order valence-corrected chi connectivity index (χ3v) is 5.50. The van der Waals surface area contributed by atoms with Crippen LogP contribution >= 0.6 is 11.3 Å². The van der Waals surface area contributed by atoms with Crippen molar-refractivity contribution in [1.29, 1.82) is 0 Å². The molecule has 1 aliphatic rings. The van der Waals surface area contributed by atoms with Crippen molar-refractivity contribution in [3.05, 3.63) is 54.0 Å². The summed E-state index contributed by atoms with van der Waals surface area (Å²) in [5.74, 6) is 1.48. The zero-order valence-electron chi connectivity index (χ0n) is 15.1. The fourth-order valence-electron chi connectivity index (χ4n) is 3.24. The van der Waals surface area contributed by atoms with Crippen LogP contribution in [0.2, 0.25) is 0 Å². The summed E-state index contributed by atoms with van der Waals surface area (Å²) in [6.45, 7) is 4.60. The van der Waals surface area contributed by atoms with Crippen LogP contribution in [0.25, 0.3) is 10.8 Å². The Morgan fingerprint density at radius 1 is 1.11 bits per heavy atom. The van der Waals surface area contributed by atoms with E-state index in [-0.39, 0.29) is 0 Å². The first kappa shape index (κ1) is 17.6. The average molecular weight is 382 g/mol. The average Bonchev–Trinajstić information content (AvgIpc) is 3.26. The first-order chi connectivity index (χ1) is 13.3. The second-order valence-corrected chi connectivity index (χ2v) is 7.23. The van der Waals surface area contributed by atoms with E-state index in [1.807, 2.05) is 35.8 Å². The number of aromatic nitrogens is 1. The molecule has 7 heteroatoms. The number of anilines is 1. The van der Waals surface area contributed by atoms with Crippen molar-refractivity contribution in [2.24, 2.45) is 10.7 Å². The van der Waals surface area contributed by atoms with E-state index in [0.717, 1.165) is 42.4 Å². The fourth-order valence-corrected chi connectivity index (χ4v) is 3.93. The number of hydrogen-bond acceptors (Lipinski definition) is 5. The van der Waals surface area contributed by atoms with Gasteiger partial charge in [0.1, 0.15) is 12.4 Å². The molecule has 140 valence electrons. The van der Waals surface area contributed by atoms with Crippen LogP contribution in [0.5, 0.6) is 5.75 Å². The zero-order valence-corrected chi connectivity index (χ0v) is 15.9. The molecule has 6 nitrogen and oxygen atoms in total. The van der Waals surface area contributed by atoms with E-state index in [1.165, 1.54) is 5.39 Å². The van der Waals surface area contributed by atoms with Gasteiger partial charge in [0.15, 0.2) is 11.1 Å². The van der Waals surface area contributed by atoms with Gasteiger partial charge < -0.3 is 20.3 Å². The quantitative estimate of drug-likeness (QED) is 0.418. The van der Waals surface area contributed by atoms with Gasteiger partial charge in [-0.1, -0.05) is 36.4 Å². The summed E-state index contributed by atoms with van der Waals surface area (Å²) < 4.78 is 5.93. The Morgan fingerprint density at radius 3 is 2.74 bits per heavy atom. The summed E-state index contributed by atoms with van der Waals surface area (Å²) in [5.41, 5.74) is 6.17. The van der Waals surface area contributed by atoms with Gasteiger partial charge in [0.25, 0.3) is 0 Å². The van der Waals surface area contributed by atoms with Crippen LogP contribution in [0.15, 0.2) is 59.0 Å². The van der Waals surface area contributed by atoms with Gasteiger partial charge in [-0.15, -0.1) is 11.3 Å². The molecule has 27 heavy (non-hydrogen) atoms. The highest BCUT2D eigenvalue weighted by Gasteiger charge is 2.19. The molecular formula is C20H23N5OS. The van der Waals surface area contributed by atoms with Gasteiger partial charge in [0.05, 0.1) is 6.54 Å². The van der Waals surface area contributed by atoms with E-state index >= 15 is 0 Å². The van der Waals surface area contributed by atoms with Crippen molar-refractivity contribution in [2.45, 2.75) is 0 Å². The summed E-state index contributed by atoms with van der Waals surface area (Å²) in [4.78, 5) is 13.3. The van der Waals surface area contributed by atoms with Crippen LogP contribution in [0, 0.1) is 0 Å². The second-order valence-electron chi connectivity index (χ2n) is 6.35. The van der Waals surface area contributed by atoms with E-state index in [0.29, 0.717) is 19.1 Å². The molecule has 0 radical (unpaired) electrons. The molecule has 1 saturated heterocycles. The molecule has 2 aromatic carbocycles. The van der Waals surface area contributed by atoms with Gasteiger partial charge in [-0.2, -0.15) is 0 Å². The molecule has 2 heterocycles. The normalized spacial score (nSPS) is 15.3. The molecule has 3 aromatic rings. The van der Waals surface area contributed by atoms with Crippen molar-refractivity contribution in [3.8, 4) is 5.75 Å². The number of benzene rings is 2. The van der Waals surface area contributed by atoms with E-state index < -0.39 is 0 Å². The number of ether oxygens (including phenoxy) is 1. The minimum Gasteiger partial charge on any atom is -0.491 e. The number of rotatable bonds is 5. The van der Waals surface area contributed by atoms with E-state index in [1.54, 1.807) is 11.3 Å². The predicted molar refractivity (Wildman–Crippen MR) is 112 cm³/mol. The van der Waals surface area contributed by atoms with Gasteiger partial charge in [-0.05, 0) is 11.5 Å². The van der Waals surface area contributed by atoms with Crippen LogP contribution in [0.4, 0.5) is 5.13 Å². The lowest BCUT2D eigenvalue weighted by atomic mass is 10.1. The lowest BCUT2D eigenvalue weighted by molar-refractivity contribution is 0.329.